The van der Waals surface area contributed by atoms with Crippen LogP contribution in [0, 0.1) is 18.3 Å². The fourth-order valence-corrected chi connectivity index (χ4v) is 2.76. The molecule has 1 aromatic heterocycles. The second-order valence-electron chi connectivity index (χ2n) is 5.72. The number of nitrogens with zero attached hydrogens (tertiary/aromatic N) is 1. The van der Waals surface area contributed by atoms with Crippen molar-refractivity contribution in [2.45, 2.75) is 6.92 Å². The molecule has 3 rings (SSSR count). The third-order valence-electron chi connectivity index (χ3n) is 3.92. The van der Waals surface area contributed by atoms with Gasteiger partial charge < -0.3 is 9.52 Å². The highest BCUT2D eigenvalue weighted by molar-refractivity contribution is 6.30. The van der Waals surface area contributed by atoms with E-state index in [9.17, 15) is 15.2 Å². The summed E-state index contributed by atoms with van der Waals surface area (Å²) in [4.78, 5) is 11.3. The van der Waals surface area contributed by atoms with Crippen LogP contribution in [0.25, 0.3) is 23.0 Å². The summed E-state index contributed by atoms with van der Waals surface area (Å²) in [6.07, 6.45) is 1.63. The zero-order valence-electron chi connectivity index (χ0n) is 13.9. The average Bonchev–Trinajstić information content (AvgIpc) is 3.08. The summed E-state index contributed by atoms with van der Waals surface area (Å²) in [6.45, 7) is 1.74. The molecule has 0 fully saturated rings. The number of carbonyl (C=O) groups is 1. The summed E-state index contributed by atoms with van der Waals surface area (Å²) >= 11 is 5.98. The first-order valence-corrected chi connectivity index (χ1v) is 8.17. The molecule has 5 heteroatoms. The lowest BCUT2D eigenvalue weighted by molar-refractivity contribution is 0.0696. The van der Waals surface area contributed by atoms with Crippen molar-refractivity contribution < 1.29 is 14.3 Å². The van der Waals surface area contributed by atoms with Gasteiger partial charge in [-0.05, 0) is 54.5 Å². The lowest BCUT2D eigenvalue weighted by Crippen LogP contribution is -1.99. The van der Waals surface area contributed by atoms with Crippen molar-refractivity contribution in [3.05, 3.63) is 82.1 Å². The standard InChI is InChI=1S/C21H14ClNO3/c1-13-5-6-15(11-19(13)21(24)25)20-8-7-18(26-20)10-16(12-23)14-3-2-4-17(22)9-14/h2-11H,1H3,(H,24,25). The second-order valence-corrected chi connectivity index (χ2v) is 6.15. The monoisotopic (exact) mass is 363 g/mol. The van der Waals surface area contributed by atoms with E-state index in [1.807, 2.05) is 0 Å². The molecule has 0 saturated heterocycles. The summed E-state index contributed by atoms with van der Waals surface area (Å²) in [6, 6.07) is 17.8. The van der Waals surface area contributed by atoms with Crippen LogP contribution in [-0.4, -0.2) is 11.1 Å². The van der Waals surface area contributed by atoms with E-state index in [0.29, 0.717) is 38.8 Å². The number of aromatic carboxylic acids is 1. The molecule has 26 heavy (non-hydrogen) atoms. The number of rotatable bonds is 4. The zero-order valence-corrected chi connectivity index (χ0v) is 14.6. The number of nitriles is 1. The number of furan rings is 1. The van der Waals surface area contributed by atoms with Gasteiger partial charge in [-0.2, -0.15) is 5.26 Å². The van der Waals surface area contributed by atoms with Crippen LogP contribution in [0.4, 0.5) is 0 Å². The highest BCUT2D eigenvalue weighted by Crippen LogP contribution is 2.27. The van der Waals surface area contributed by atoms with Crippen molar-refractivity contribution in [2.24, 2.45) is 0 Å². The Morgan fingerprint density at radius 3 is 2.69 bits per heavy atom. The predicted molar refractivity (Wildman–Crippen MR) is 101 cm³/mol. The van der Waals surface area contributed by atoms with Gasteiger partial charge in [-0.25, -0.2) is 4.79 Å². The molecule has 0 aliphatic heterocycles. The van der Waals surface area contributed by atoms with Crippen molar-refractivity contribution in [1.29, 1.82) is 5.26 Å². The Morgan fingerprint density at radius 2 is 2.00 bits per heavy atom. The van der Waals surface area contributed by atoms with Crippen LogP contribution in [0.5, 0.6) is 0 Å². The summed E-state index contributed by atoms with van der Waals surface area (Å²) in [5, 5.41) is 19.2. The Bertz CT molecular complexity index is 1060. The van der Waals surface area contributed by atoms with Crippen LogP contribution in [0.3, 0.4) is 0 Å². The Hall–Kier alpha value is -3.29. The first-order valence-electron chi connectivity index (χ1n) is 7.80. The SMILES string of the molecule is Cc1ccc(-c2ccc(C=C(C#N)c3cccc(Cl)c3)o2)cc1C(=O)O. The minimum absolute atomic E-state index is 0.229. The zero-order chi connectivity index (χ0) is 18.7. The molecule has 0 radical (unpaired) electrons. The third kappa shape index (κ3) is 3.69. The fourth-order valence-electron chi connectivity index (χ4n) is 2.57. The molecule has 0 unspecified atom stereocenters. The van der Waals surface area contributed by atoms with E-state index in [4.69, 9.17) is 16.0 Å². The number of aryl methyl sites for hydroxylation is 1. The first kappa shape index (κ1) is 17.5. The molecule has 3 aromatic rings. The van der Waals surface area contributed by atoms with E-state index in [0.717, 1.165) is 0 Å². The number of hydrogen-bond donors (Lipinski definition) is 1. The largest absolute Gasteiger partial charge is 0.478 e. The predicted octanol–water partition coefficient (Wildman–Crippen LogP) is 5.67. The normalized spacial score (nSPS) is 11.2. The fraction of sp³-hybridized carbons (Fsp3) is 0.0476. The van der Waals surface area contributed by atoms with Gasteiger partial charge in [0, 0.05) is 10.6 Å². The molecule has 0 aliphatic rings. The van der Waals surface area contributed by atoms with Gasteiger partial charge in [-0.15, -0.1) is 0 Å². The Labute approximate surface area is 155 Å². The Morgan fingerprint density at radius 1 is 1.19 bits per heavy atom. The second kappa shape index (κ2) is 7.30. The minimum atomic E-state index is -0.983. The van der Waals surface area contributed by atoms with Gasteiger partial charge in [-0.3, -0.25) is 0 Å². The maximum absolute atomic E-state index is 11.3. The highest BCUT2D eigenvalue weighted by atomic mass is 35.5. The number of halogens is 1. The number of hydrogen-bond acceptors (Lipinski definition) is 3. The molecule has 1 heterocycles. The lowest BCUT2D eigenvalue weighted by atomic mass is 10.0. The molecule has 2 aromatic carbocycles. The number of benzene rings is 2. The van der Waals surface area contributed by atoms with Gasteiger partial charge in [0.25, 0.3) is 0 Å². The van der Waals surface area contributed by atoms with Crippen LogP contribution in [0.2, 0.25) is 5.02 Å². The van der Waals surface area contributed by atoms with Gasteiger partial charge >= 0.3 is 5.97 Å². The van der Waals surface area contributed by atoms with Crippen LogP contribution in [0.1, 0.15) is 27.2 Å². The molecule has 4 nitrogen and oxygen atoms in total. The van der Waals surface area contributed by atoms with E-state index in [-0.39, 0.29) is 5.56 Å². The average molecular weight is 364 g/mol. The Balaban J connectivity index is 1.96. The van der Waals surface area contributed by atoms with Gasteiger partial charge in [0.05, 0.1) is 17.2 Å². The first-order chi connectivity index (χ1) is 12.5. The smallest absolute Gasteiger partial charge is 0.335 e. The van der Waals surface area contributed by atoms with Crippen LogP contribution in [-0.2, 0) is 0 Å². The van der Waals surface area contributed by atoms with Crippen molar-refractivity contribution in [2.75, 3.05) is 0 Å². The van der Waals surface area contributed by atoms with Gasteiger partial charge in [0.15, 0.2) is 0 Å². The van der Waals surface area contributed by atoms with E-state index >= 15 is 0 Å². The number of carboxylic acid groups (broad SMARTS) is 1. The van der Waals surface area contributed by atoms with E-state index in [1.165, 1.54) is 0 Å². The Kier molecular flexibility index (Phi) is 4.92. The lowest BCUT2D eigenvalue weighted by Gasteiger charge is -2.03. The summed E-state index contributed by atoms with van der Waals surface area (Å²) < 4.78 is 5.77. The molecular formula is C21H14ClNO3. The van der Waals surface area contributed by atoms with E-state index < -0.39 is 5.97 Å². The van der Waals surface area contributed by atoms with Crippen LogP contribution >= 0.6 is 11.6 Å². The molecule has 0 bridgehead atoms. The van der Waals surface area contributed by atoms with Crippen LogP contribution in [0.15, 0.2) is 59.0 Å². The maximum Gasteiger partial charge on any atom is 0.335 e. The topological polar surface area (TPSA) is 74.2 Å². The molecular weight excluding hydrogens is 350 g/mol. The molecule has 0 aliphatic carbocycles. The van der Waals surface area contributed by atoms with Gasteiger partial charge in [0.1, 0.15) is 11.5 Å². The van der Waals surface area contributed by atoms with E-state index in [1.54, 1.807) is 67.6 Å². The maximum atomic E-state index is 11.3. The molecule has 1 N–H and O–H groups in total. The van der Waals surface area contributed by atoms with Crippen LogP contribution < -0.4 is 0 Å². The quantitative estimate of drug-likeness (QED) is 0.606. The summed E-state index contributed by atoms with van der Waals surface area (Å²) in [7, 11) is 0. The molecule has 128 valence electrons. The molecule has 0 spiro atoms. The minimum Gasteiger partial charge on any atom is -0.478 e. The summed E-state index contributed by atoms with van der Waals surface area (Å²) in [5.41, 5.74) is 2.69. The number of carboxylic acids is 1. The molecule has 0 atom stereocenters. The van der Waals surface area contributed by atoms with Crippen molar-refractivity contribution in [3.8, 4) is 17.4 Å². The van der Waals surface area contributed by atoms with Crippen molar-refractivity contribution >= 4 is 29.2 Å². The highest BCUT2D eigenvalue weighted by Gasteiger charge is 2.11. The van der Waals surface area contributed by atoms with Crippen molar-refractivity contribution in [1.82, 2.24) is 0 Å². The molecule has 0 amide bonds. The third-order valence-corrected chi connectivity index (χ3v) is 4.16. The van der Waals surface area contributed by atoms with E-state index in [2.05, 4.69) is 6.07 Å². The summed E-state index contributed by atoms with van der Waals surface area (Å²) in [5.74, 6) is 0.0415. The van der Waals surface area contributed by atoms with Gasteiger partial charge in [0.2, 0.25) is 0 Å². The van der Waals surface area contributed by atoms with Gasteiger partial charge in [-0.1, -0.05) is 35.9 Å². The molecule has 0 saturated carbocycles. The number of allylic oxidation sites excluding steroid dienone is 1. The van der Waals surface area contributed by atoms with Crippen molar-refractivity contribution in [3.63, 3.8) is 0 Å².